The Hall–Kier alpha value is -3.68. The molecule has 0 saturated carbocycles. The molecule has 1 aromatic carbocycles. The molecule has 0 bridgehead atoms. The fourth-order valence-electron chi connectivity index (χ4n) is 2.77. The second-order valence-corrected chi connectivity index (χ2v) is 6.30. The fourth-order valence-corrected chi connectivity index (χ4v) is 2.77. The molecule has 4 rings (SSSR count). The van der Waals surface area contributed by atoms with Crippen LogP contribution in [0.2, 0.25) is 0 Å². The van der Waals surface area contributed by atoms with Crippen LogP contribution in [-0.2, 0) is 7.05 Å². The predicted octanol–water partition coefficient (Wildman–Crippen LogP) is 2.66. The number of hydrogen-bond donors (Lipinski definition) is 1. The summed E-state index contributed by atoms with van der Waals surface area (Å²) in [6, 6.07) is 9.45. The standard InChI is InChI=1S/C19H19N7O/c1-13-14(2)26(12-20-13)16-6-4-15(5-7-16)22-19(27)17-10-25(11-21-17)18-8-9-24(3)23-18/h4-12H,1-3H3,(H,22,27). The Balaban J connectivity index is 1.48. The van der Waals surface area contributed by atoms with Crippen molar-refractivity contribution in [1.82, 2.24) is 28.9 Å². The molecule has 0 fully saturated rings. The first-order chi connectivity index (χ1) is 13.0. The van der Waals surface area contributed by atoms with Crippen molar-refractivity contribution in [2.45, 2.75) is 13.8 Å². The van der Waals surface area contributed by atoms with Gasteiger partial charge in [0.15, 0.2) is 5.82 Å². The monoisotopic (exact) mass is 361 g/mol. The Bertz CT molecular complexity index is 1100. The van der Waals surface area contributed by atoms with E-state index in [1.165, 1.54) is 0 Å². The van der Waals surface area contributed by atoms with E-state index in [9.17, 15) is 4.79 Å². The van der Waals surface area contributed by atoms with Crippen LogP contribution in [0.3, 0.4) is 0 Å². The van der Waals surface area contributed by atoms with Crippen LogP contribution >= 0.6 is 0 Å². The van der Waals surface area contributed by atoms with Crippen molar-refractivity contribution in [3.8, 4) is 11.5 Å². The molecular formula is C19H19N7O. The Morgan fingerprint density at radius 3 is 2.44 bits per heavy atom. The van der Waals surface area contributed by atoms with E-state index in [1.807, 2.05) is 62.0 Å². The first-order valence-electron chi connectivity index (χ1n) is 8.47. The summed E-state index contributed by atoms with van der Waals surface area (Å²) in [4.78, 5) is 20.9. The van der Waals surface area contributed by atoms with Gasteiger partial charge in [-0.25, -0.2) is 9.97 Å². The number of rotatable bonds is 4. The van der Waals surface area contributed by atoms with Crippen molar-refractivity contribution in [3.63, 3.8) is 0 Å². The van der Waals surface area contributed by atoms with Gasteiger partial charge in [-0.15, -0.1) is 0 Å². The maximum atomic E-state index is 12.4. The average Bonchev–Trinajstić information content (AvgIpc) is 3.38. The van der Waals surface area contributed by atoms with E-state index in [2.05, 4.69) is 20.4 Å². The molecule has 8 nitrogen and oxygen atoms in total. The van der Waals surface area contributed by atoms with Crippen LogP contribution in [0.25, 0.3) is 11.5 Å². The normalized spacial score (nSPS) is 10.9. The summed E-state index contributed by atoms with van der Waals surface area (Å²) in [5.74, 6) is 0.437. The van der Waals surface area contributed by atoms with Crippen LogP contribution in [-0.4, -0.2) is 34.8 Å². The highest BCUT2D eigenvalue weighted by atomic mass is 16.1. The van der Waals surface area contributed by atoms with Crippen molar-refractivity contribution in [2.75, 3.05) is 5.32 Å². The Kier molecular flexibility index (Phi) is 4.08. The van der Waals surface area contributed by atoms with Crippen molar-refractivity contribution in [3.05, 3.63) is 72.5 Å². The van der Waals surface area contributed by atoms with E-state index in [-0.39, 0.29) is 5.91 Å². The van der Waals surface area contributed by atoms with Gasteiger partial charge in [-0.2, -0.15) is 5.10 Å². The summed E-state index contributed by atoms with van der Waals surface area (Å²) >= 11 is 0. The zero-order valence-electron chi connectivity index (χ0n) is 15.3. The molecule has 0 atom stereocenters. The van der Waals surface area contributed by atoms with Gasteiger partial charge in [-0.1, -0.05) is 0 Å². The number of aryl methyl sites for hydroxylation is 2. The van der Waals surface area contributed by atoms with E-state index in [0.29, 0.717) is 17.2 Å². The predicted molar refractivity (Wildman–Crippen MR) is 101 cm³/mol. The summed E-state index contributed by atoms with van der Waals surface area (Å²) < 4.78 is 5.41. The lowest BCUT2D eigenvalue weighted by Crippen LogP contribution is -2.12. The molecule has 3 heterocycles. The summed E-state index contributed by atoms with van der Waals surface area (Å²) in [6.45, 7) is 4.00. The molecule has 1 amide bonds. The lowest BCUT2D eigenvalue weighted by molar-refractivity contribution is 0.102. The molecular weight excluding hydrogens is 342 g/mol. The number of imidazole rings is 2. The third kappa shape index (κ3) is 3.24. The SMILES string of the molecule is Cc1ncn(-c2ccc(NC(=O)c3cn(-c4ccn(C)n4)cn3)cc2)c1C. The lowest BCUT2D eigenvalue weighted by Gasteiger charge is -2.08. The number of amides is 1. The first kappa shape index (κ1) is 16.8. The topological polar surface area (TPSA) is 82.6 Å². The molecule has 0 aliphatic carbocycles. The van der Waals surface area contributed by atoms with Crippen molar-refractivity contribution in [1.29, 1.82) is 0 Å². The largest absolute Gasteiger partial charge is 0.321 e. The molecule has 0 radical (unpaired) electrons. The number of benzene rings is 1. The Labute approximate surface area is 156 Å². The number of carbonyl (C=O) groups is 1. The number of nitrogens with one attached hydrogen (secondary N) is 1. The molecule has 0 unspecified atom stereocenters. The lowest BCUT2D eigenvalue weighted by atomic mass is 10.2. The van der Waals surface area contributed by atoms with E-state index >= 15 is 0 Å². The van der Waals surface area contributed by atoms with Crippen molar-refractivity contribution < 1.29 is 4.79 Å². The second-order valence-electron chi connectivity index (χ2n) is 6.30. The van der Waals surface area contributed by atoms with Gasteiger partial charge in [0.1, 0.15) is 12.0 Å². The van der Waals surface area contributed by atoms with Gasteiger partial charge < -0.3 is 9.88 Å². The van der Waals surface area contributed by atoms with Crippen LogP contribution in [0.4, 0.5) is 5.69 Å². The maximum absolute atomic E-state index is 12.4. The molecule has 3 aromatic heterocycles. The molecule has 1 N–H and O–H groups in total. The highest BCUT2D eigenvalue weighted by Gasteiger charge is 2.12. The molecule has 0 spiro atoms. The summed E-state index contributed by atoms with van der Waals surface area (Å²) in [7, 11) is 1.84. The van der Waals surface area contributed by atoms with E-state index in [1.54, 1.807) is 28.1 Å². The van der Waals surface area contributed by atoms with Crippen molar-refractivity contribution in [2.24, 2.45) is 7.05 Å². The Morgan fingerprint density at radius 1 is 1.04 bits per heavy atom. The highest BCUT2D eigenvalue weighted by molar-refractivity contribution is 6.02. The zero-order chi connectivity index (χ0) is 19.0. The summed E-state index contributed by atoms with van der Waals surface area (Å²) in [5.41, 5.74) is 4.10. The zero-order valence-corrected chi connectivity index (χ0v) is 15.3. The second kappa shape index (κ2) is 6.56. The molecule has 0 saturated heterocycles. The minimum atomic E-state index is -0.271. The minimum absolute atomic E-state index is 0.271. The van der Waals surface area contributed by atoms with Crippen molar-refractivity contribution >= 4 is 11.6 Å². The number of anilines is 1. The molecule has 4 aromatic rings. The van der Waals surface area contributed by atoms with Gasteiger partial charge in [0.05, 0.1) is 12.0 Å². The van der Waals surface area contributed by atoms with Crippen LogP contribution in [0.15, 0.2) is 55.4 Å². The number of aromatic nitrogens is 6. The van der Waals surface area contributed by atoms with Crippen LogP contribution in [0, 0.1) is 13.8 Å². The molecule has 27 heavy (non-hydrogen) atoms. The molecule has 0 aliphatic rings. The van der Waals surface area contributed by atoms with Crippen LogP contribution in [0.1, 0.15) is 21.9 Å². The smallest absolute Gasteiger partial charge is 0.275 e. The van der Waals surface area contributed by atoms with Gasteiger partial charge in [0.25, 0.3) is 5.91 Å². The average molecular weight is 361 g/mol. The number of hydrogen-bond acceptors (Lipinski definition) is 4. The quantitative estimate of drug-likeness (QED) is 0.606. The number of nitrogens with zero attached hydrogens (tertiary/aromatic N) is 6. The Morgan fingerprint density at radius 2 is 1.81 bits per heavy atom. The minimum Gasteiger partial charge on any atom is -0.321 e. The molecule has 136 valence electrons. The number of carbonyl (C=O) groups excluding carboxylic acids is 1. The van der Waals surface area contributed by atoms with E-state index < -0.39 is 0 Å². The molecule has 0 aliphatic heterocycles. The fraction of sp³-hybridized carbons (Fsp3) is 0.158. The van der Waals surface area contributed by atoms with E-state index in [0.717, 1.165) is 17.1 Å². The third-order valence-electron chi connectivity index (χ3n) is 4.43. The van der Waals surface area contributed by atoms with Gasteiger partial charge in [-0.05, 0) is 38.1 Å². The summed E-state index contributed by atoms with van der Waals surface area (Å²) in [5, 5.41) is 7.15. The molecule has 8 heteroatoms. The summed E-state index contributed by atoms with van der Waals surface area (Å²) in [6.07, 6.45) is 6.86. The van der Waals surface area contributed by atoms with Gasteiger partial charge in [0.2, 0.25) is 0 Å². The van der Waals surface area contributed by atoms with Gasteiger partial charge in [0, 0.05) is 42.6 Å². The van der Waals surface area contributed by atoms with Gasteiger partial charge >= 0.3 is 0 Å². The first-order valence-corrected chi connectivity index (χ1v) is 8.47. The third-order valence-corrected chi connectivity index (χ3v) is 4.43. The van der Waals surface area contributed by atoms with Crippen LogP contribution in [0.5, 0.6) is 0 Å². The van der Waals surface area contributed by atoms with Crippen LogP contribution < -0.4 is 5.32 Å². The highest BCUT2D eigenvalue weighted by Crippen LogP contribution is 2.17. The van der Waals surface area contributed by atoms with E-state index in [4.69, 9.17) is 0 Å². The maximum Gasteiger partial charge on any atom is 0.275 e. The van der Waals surface area contributed by atoms with Gasteiger partial charge in [-0.3, -0.25) is 14.0 Å².